The van der Waals surface area contributed by atoms with Crippen LogP contribution in [0.25, 0.3) is 16.8 Å². The Labute approximate surface area is 203 Å². The Bertz CT molecular complexity index is 1440. The number of fused-ring (bicyclic) bond motifs is 1. The summed E-state index contributed by atoms with van der Waals surface area (Å²) in [6.07, 6.45) is 5.49. The molecule has 0 aliphatic rings. The number of aryl methyl sites for hydroxylation is 1. The van der Waals surface area contributed by atoms with Crippen LogP contribution in [-0.2, 0) is 7.05 Å². The topological polar surface area (TPSA) is 102 Å². The molecule has 9 heteroatoms. The van der Waals surface area contributed by atoms with Crippen LogP contribution < -0.4 is 10.1 Å². The maximum atomic E-state index is 9.97. The van der Waals surface area contributed by atoms with Crippen molar-refractivity contribution in [2.75, 3.05) is 19.0 Å². The number of hydrogen-bond donors (Lipinski definition) is 2. The third-order valence-corrected chi connectivity index (χ3v) is 6.22. The number of anilines is 2. The average Bonchev–Trinajstić information content (AvgIpc) is 3.50. The average molecular weight is 470 g/mol. The van der Waals surface area contributed by atoms with Gasteiger partial charge in [0.25, 0.3) is 0 Å². The molecular formula is C26H27N7O2. The number of rotatable bonds is 8. The Morgan fingerprint density at radius 1 is 1.00 bits per heavy atom. The maximum absolute atomic E-state index is 9.97. The summed E-state index contributed by atoms with van der Waals surface area (Å²) in [5, 5.41) is 26.4. The molecule has 0 radical (unpaired) electrons. The van der Waals surface area contributed by atoms with E-state index in [0.29, 0.717) is 0 Å². The highest BCUT2D eigenvalue weighted by Gasteiger charge is 2.26. The number of nitrogens with zero attached hydrogens (tertiary/aromatic N) is 6. The van der Waals surface area contributed by atoms with Gasteiger partial charge in [-0.1, -0.05) is 19.1 Å². The fraction of sp³-hybridized carbons (Fsp3) is 0.231. The van der Waals surface area contributed by atoms with Crippen LogP contribution in [0, 0.1) is 5.92 Å². The molecule has 9 nitrogen and oxygen atoms in total. The van der Waals surface area contributed by atoms with E-state index in [0.717, 1.165) is 45.5 Å². The monoisotopic (exact) mass is 469 g/mol. The van der Waals surface area contributed by atoms with Gasteiger partial charge in [-0.3, -0.25) is 9.08 Å². The summed E-state index contributed by atoms with van der Waals surface area (Å²) in [5.74, 6) is 2.99. The van der Waals surface area contributed by atoms with E-state index in [1.807, 2.05) is 79.2 Å². The van der Waals surface area contributed by atoms with Gasteiger partial charge in [0, 0.05) is 38.0 Å². The van der Waals surface area contributed by atoms with Crippen LogP contribution in [0.3, 0.4) is 0 Å². The molecule has 4 aromatic heterocycles. The van der Waals surface area contributed by atoms with Crippen LogP contribution in [0.4, 0.5) is 11.6 Å². The van der Waals surface area contributed by atoms with Crippen molar-refractivity contribution in [2.45, 2.75) is 12.8 Å². The number of methoxy groups -OCH3 is 1. The summed E-state index contributed by atoms with van der Waals surface area (Å²) in [7, 11) is 3.52. The predicted molar refractivity (Wildman–Crippen MR) is 134 cm³/mol. The summed E-state index contributed by atoms with van der Waals surface area (Å²) < 4.78 is 9.04. The number of hydrogen-bond acceptors (Lipinski definition) is 7. The Balaban J connectivity index is 1.48. The van der Waals surface area contributed by atoms with Gasteiger partial charge in [-0.2, -0.15) is 5.10 Å². The van der Waals surface area contributed by atoms with Gasteiger partial charge in [-0.05, 0) is 59.0 Å². The van der Waals surface area contributed by atoms with Gasteiger partial charge in [0.05, 0.1) is 13.3 Å². The first-order chi connectivity index (χ1) is 17.1. The third kappa shape index (κ3) is 4.45. The van der Waals surface area contributed by atoms with E-state index in [9.17, 15) is 5.11 Å². The van der Waals surface area contributed by atoms with E-state index in [1.54, 1.807) is 24.2 Å². The van der Waals surface area contributed by atoms with E-state index in [-0.39, 0.29) is 18.4 Å². The van der Waals surface area contributed by atoms with Crippen LogP contribution in [0.5, 0.6) is 5.75 Å². The van der Waals surface area contributed by atoms with Crippen molar-refractivity contribution in [3.63, 3.8) is 0 Å². The zero-order valence-electron chi connectivity index (χ0n) is 19.8. The summed E-state index contributed by atoms with van der Waals surface area (Å²) in [5.41, 5.74) is 3.79. The molecule has 1 aromatic carbocycles. The first kappa shape index (κ1) is 22.5. The van der Waals surface area contributed by atoms with E-state index >= 15 is 0 Å². The van der Waals surface area contributed by atoms with Crippen LogP contribution in [0.2, 0.25) is 0 Å². The fourth-order valence-corrected chi connectivity index (χ4v) is 4.26. The molecule has 4 heterocycles. The molecule has 0 saturated carbocycles. The van der Waals surface area contributed by atoms with Crippen LogP contribution in [0.1, 0.15) is 24.2 Å². The normalized spacial score (nSPS) is 13.0. The molecule has 0 bridgehead atoms. The standard InChI is InChI=1S/C26H27N7O2/c1-17(16-34)25(18-4-6-21(35-3)7-5-18)26-31-30-24-15-20(10-13-33(24)26)19-8-11-27-22(14-19)29-23-9-12-28-32(23)2/h4-15,17,25,34H,16H2,1-3H3,(H,27,29)/t17-,25+/m1/s1. The highest BCUT2D eigenvalue weighted by Crippen LogP contribution is 2.33. The van der Waals surface area contributed by atoms with Gasteiger partial charge in [0.15, 0.2) is 5.65 Å². The van der Waals surface area contributed by atoms with Crippen LogP contribution in [0.15, 0.2) is 73.2 Å². The first-order valence-electron chi connectivity index (χ1n) is 11.4. The Morgan fingerprint density at radius 2 is 1.80 bits per heavy atom. The molecule has 0 fully saturated rings. The quantitative estimate of drug-likeness (QED) is 0.354. The second kappa shape index (κ2) is 9.55. The lowest BCUT2D eigenvalue weighted by atomic mass is 9.87. The van der Waals surface area contributed by atoms with E-state index < -0.39 is 0 Å². The van der Waals surface area contributed by atoms with Gasteiger partial charge >= 0.3 is 0 Å². The lowest BCUT2D eigenvalue weighted by Crippen LogP contribution is -2.18. The lowest BCUT2D eigenvalue weighted by Gasteiger charge is -2.21. The minimum atomic E-state index is -0.123. The minimum Gasteiger partial charge on any atom is -0.497 e. The van der Waals surface area contributed by atoms with E-state index in [2.05, 4.69) is 25.6 Å². The molecule has 0 aliphatic heterocycles. The molecule has 0 aliphatic carbocycles. The number of ether oxygens (including phenoxy) is 1. The summed E-state index contributed by atoms with van der Waals surface area (Å²) in [6.45, 7) is 2.05. The van der Waals surface area contributed by atoms with Gasteiger partial charge in [-0.25, -0.2) is 4.98 Å². The molecule has 0 amide bonds. The Morgan fingerprint density at radius 3 is 2.51 bits per heavy atom. The number of aliphatic hydroxyl groups is 1. The summed E-state index contributed by atoms with van der Waals surface area (Å²) in [4.78, 5) is 4.43. The Kier molecular flexibility index (Phi) is 6.15. The lowest BCUT2D eigenvalue weighted by molar-refractivity contribution is 0.222. The highest BCUT2D eigenvalue weighted by atomic mass is 16.5. The van der Waals surface area contributed by atoms with Crippen molar-refractivity contribution < 1.29 is 9.84 Å². The van der Waals surface area contributed by atoms with Crippen LogP contribution >= 0.6 is 0 Å². The maximum Gasteiger partial charge on any atom is 0.161 e. The SMILES string of the molecule is COc1ccc([C@@H](c2nnc3cc(-c4ccnc(Nc5ccnn5C)c4)ccn23)[C@H](C)CO)cc1. The van der Waals surface area contributed by atoms with Crippen molar-refractivity contribution in [3.8, 4) is 16.9 Å². The molecule has 2 N–H and O–H groups in total. The summed E-state index contributed by atoms with van der Waals surface area (Å²) in [6, 6.07) is 17.8. The van der Waals surface area contributed by atoms with Gasteiger partial charge in [0.2, 0.25) is 0 Å². The molecule has 178 valence electrons. The molecular weight excluding hydrogens is 442 g/mol. The second-order valence-corrected chi connectivity index (χ2v) is 8.51. The number of pyridine rings is 2. The minimum absolute atomic E-state index is 0.0349. The molecule has 0 spiro atoms. The van der Waals surface area contributed by atoms with E-state index in [4.69, 9.17) is 4.74 Å². The molecule has 5 rings (SSSR count). The van der Waals surface area contributed by atoms with Crippen molar-refractivity contribution in [3.05, 3.63) is 84.6 Å². The predicted octanol–water partition coefficient (Wildman–Crippen LogP) is 4.04. The molecule has 0 unspecified atom stereocenters. The first-order valence-corrected chi connectivity index (χ1v) is 11.4. The highest BCUT2D eigenvalue weighted by molar-refractivity contribution is 5.70. The number of benzene rings is 1. The number of aromatic nitrogens is 6. The number of nitrogens with one attached hydrogen (secondary N) is 1. The van der Waals surface area contributed by atoms with Crippen molar-refractivity contribution in [1.82, 2.24) is 29.4 Å². The van der Waals surface area contributed by atoms with Gasteiger partial charge in [0.1, 0.15) is 23.2 Å². The van der Waals surface area contributed by atoms with Gasteiger partial charge in [-0.15, -0.1) is 10.2 Å². The molecule has 35 heavy (non-hydrogen) atoms. The fourth-order valence-electron chi connectivity index (χ4n) is 4.26. The third-order valence-electron chi connectivity index (χ3n) is 6.22. The van der Waals surface area contributed by atoms with Crippen molar-refractivity contribution >= 4 is 17.3 Å². The molecule has 2 atom stereocenters. The van der Waals surface area contributed by atoms with Crippen LogP contribution in [-0.4, -0.2) is 48.2 Å². The summed E-state index contributed by atoms with van der Waals surface area (Å²) >= 11 is 0. The van der Waals surface area contributed by atoms with E-state index in [1.165, 1.54) is 0 Å². The van der Waals surface area contributed by atoms with Crippen molar-refractivity contribution in [2.24, 2.45) is 13.0 Å². The van der Waals surface area contributed by atoms with Crippen molar-refractivity contribution in [1.29, 1.82) is 0 Å². The second-order valence-electron chi connectivity index (χ2n) is 8.51. The molecule has 5 aromatic rings. The number of aliphatic hydroxyl groups excluding tert-OH is 1. The molecule has 0 saturated heterocycles. The zero-order chi connectivity index (χ0) is 24.4. The smallest absolute Gasteiger partial charge is 0.161 e. The zero-order valence-corrected chi connectivity index (χ0v) is 19.8. The Hall–Kier alpha value is -4.24. The largest absolute Gasteiger partial charge is 0.497 e. The van der Waals surface area contributed by atoms with Gasteiger partial charge < -0.3 is 15.2 Å².